The van der Waals surface area contributed by atoms with Gasteiger partial charge in [0.1, 0.15) is 30.2 Å². The first-order valence-electron chi connectivity index (χ1n) is 17.4. The number of hydrogen-bond acceptors (Lipinski definition) is 7. The molecule has 0 saturated heterocycles. The second kappa shape index (κ2) is 21.3. The molecule has 8 atom stereocenters. The predicted molar refractivity (Wildman–Crippen MR) is 186 cm³/mol. The van der Waals surface area contributed by atoms with Crippen LogP contribution < -0.4 is 21.7 Å². The second-order valence-corrected chi connectivity index (χ2v) is 14.0. The molecule has 0 bridgehead atoms. The Balaban J connectivity index is 6.17. The van der Waals surface area contributed by atoms with Gasteiger partial charge in [-0.15, -0.1) is 0 Å². The van der Waals surface area contributed by atoms with Crippen LogP contribution >= 0.6 is 0 Å². The van der Waals surface area contributed by atoms with Crippen LogP contribution in [-0.4, -0.2) is 89.5 Å². The lowest BCUT2D eigenvalue weighted by atomic mass is 9.92. The van der Waals surface area contributed by atoms with Crippen molar-refractivity contribution in [2.75, 3.05) is 14.1 Å². The van der Waals surface area contributed by atoms with Crippen LogP contribution in [0.25, 0.3) is 0 Å². The fourth-order valence-corrected chi connectivity index (χ4v) is 5.65. The summed E-state index contributed by atoms with van der Waals surface area (Å²) < 4.78 is 0. The fraction of sp³-hybridized carbons (Fsp3) is 0.800. The summed E-state index contributed by atoms with van der Waals surface area (Å²) in [6.45, 7) is 17.9. The zero-order valence-corrected chi connectivity index (χ0v) is 31.4. The Morgan fingerprint density at radius 1 is 0.667 bits per heavy atom. The summed E-state index contributed by atoms with van der Waals surface area (Å²) in [5.74, 6) is -4.49. The summed E-state index contributed by atoms with van der Waals surface area (Å²) in [6.07, 6.45) is 3.55. The smallest absolute Gasteiger partial charge is 0.245 e. The van der Waals surface area contributed by atoms with Crippen molar-refractivity contribution in [2.45, 2.75) is 138 Å². The number of nitrogens with zero attached hydrogens (tertiary/aromatic N) is 3. The first-order chi connectivity index (χ1) is 22.3. The van der Waals surface area contributed by atoms with Gasteiger partial charge >= 0.3 is 0 Å². The van der Waals surface area contributed by atoms with E-state index in [1.54, 1.807) is 20.9 Å². The molecule has 13 heteroatoms. The number of unbranched alkanes of at least 4 members (excludes halogenated alkanes) is 2. The second-order valence-electron chi connectivity index (χ2n) is 14.0. The van der Waals surface area contributed by atoms with Gasteiger partial charge in [-0.1, -0.05) is 81.6 Å². The SMILES string of the molecule is CCC(C)C(NC(=O)C(NC(=O)C(C(C)C)N(C)C(=O)C(C)CCCCC#N)C(C)C)C(=O)N(C)C(C(=O)NC(C)C(N)=O)C(C)CC. The number of rotatable bonds is 21. The van der Waals surface area contributed by atoms with Gasteiger partial charge in [-0.2, -0.15) is 5.26 Å². The average Bonchev–Trinajstić information content (AvgIpc) is 3.02. The van der Waals surface area contributed by atoms with Gasteiger partial charge in [-0.3, -0.25) is 28.8 Å². The first kappa shape index (κ1) is 44.3. The largest absolute Gasteiger partial charge is 0.368 e. The maximum Gasteiger partial charge on any atom is 0.245 e. The van der Waals surface area contributed by atoms with Crippen LogP contribution in [0, 0.1) is 40.9 Å². The molecule has 274 valence electrons. The van der Waals surface area contributed by atoms with Crippen molar-refractivity contribution in [3.8, 4) is 6.07 Å². The Kier molecular flexibility index (Phi) is 19.7. The topological polar surface area (TPSA) is 195 Å². The standard InChI is InChI=1S/C35H63N7O6/c1-13-22(7)27(35(48)42(12)29(23(8)14-2)33(46)38-25(10)30(37)43)40-31(44)26(20(3)4)39-32(45)28(21(5)6)41(11)34(47)24(9)18-16-15-17-19-36/h20-29H,13-18H2,1-12H3,(H2,37,43)(H,38,46)(H,39,45)(H,40,44). The molecule has 0 spiro atoms. The number of nitrogens with two attached hydrogens (primary N) is 1. The predicted octanol–water partition coefficient (Wildman–Crippen LogP) is 2.72. The molecule has 0 fully saturated rings. The van der Waals surface area contributed by atoms with Crippen molar-refractivity contribution in [1.29, 1.82) is 5.26 Å². The van der Waals surface area contributed by atoms with Gasteiger partial charge in [0.2, 0.25) is 35.4 Å². The molecule has 0 aromatic heterocycles. The van der Waals surface area contributed by atoms with Crippen LogP contribution in [0.2, 0.25) is 0 Å². The molecule has 0 saturated carbocycles. The highest BCUT2D eigenvalue weighted by Crippen LogP contribution is 2.20. The molecule has 13 nitrogen and oxygen atoms in total. The fourth-order valence-electron chi connectivity index (χ4n) is 5.65. The van der Waals surface area contributed by atoms with Crippen molar-refractivity contribution in [3.63, 3.8) is 0 Å². The van der Waals surface area contributed by atoms with E-state index in [9.17, 15) is 28.8 Å². The normalized spacial score (nSPS) is 16.3. The summed E-state index contributed by atoms with van der Waals surface area (Å²) in [4.78, 5) is 82.5. The third-order valence-corrected chi connectivity index (χ3v) is 9.29. The molecule has 0 aromatic rings. The highest BCUT2D eigenvalue weighted by atomic mass is 16.2. The van der Waals surface area contributed by atoms with E-state index in [2.05, 4.69) is 22.0 Å². The summed E-state index contributed by atoms with van der Waals surface area (Å²) in [5, 5.41) is 17.1. The molecule has 0 aromatic carbocycles. The molecule has 5 N–H and O–H groups in total. The van der Waals surface area contributed by atoms with E-state index in [1.165, 1.54) is 23.8 Å². The van der Waals surface area contributed by atoms with Crippen molar-refractivity contribution in [2.24, 2.45) is 35.3 Å². The van der Waals surface area contributed by atoms with Gasteiger partial charge < -0.3 is 31.5 Å². The van der Waals surface area contributed by atoms with Crippen LogP contribution in [0.5, 0.6) is 0 Å². The molecule has 8 unspecified atom stereocenters. The van der Waals surface area contributed by atoms with E-state index in [0.29, 0.717) is 32.1 Å². The molecule has 0 aliphatic heterocycles. The number of amides is 6. The number of likely N-dealkylation sites (N-methyl/N-ethyl adjacent to an activating group) is 2. The zero-order valence-electron chi connectivity index (χ0n) is 31.4. The molecular weight excluding hydrogens is 614 g/mol. The molecule has 48 heavy (non-hydrogen) atoms. The van der Waals surface area contributed by atoms with Crippen LogP contribution in [-0.2, 0) is 28.8 Å². The van der Waals surface area contributed by atoms with E-state index in [0.717, 1.165) is 6.42 Å². The monoisotopic (exact) mass is 677 g/mol. The van der Waals surface area contributed by atoms with E-state index in [1.807, 2.05) is 48.5 Å². The lowest BCUT2D eigenvalue weighted by Crippen LogP contribution is -2.62. The maximum absolute atomic E-state index is 14.0. The Hall–Kier alpha value is -3.69. The van der Waals surface area contributed by atoms with E-state index < -0.39 is 59.7 Å². The number of nitrogens with one attached hydrogen (secondary N) is 3. The first-order valence-corrected chi connectivity index (χ1v) is 17.4. The Morgan fingerprint density at radius 2 is 1.17 bits per heavy atom. The van der Waals surface area contributed by atoms with Crippen LogP contribution in [0.4, 0.5) is 0 Å². The molecule has 0 aliphatic carbocycles. The van der Waals surface area contributed by atoms with Gasteiger partial charge in [-0.05, 0) is 43.4 Å². The van der Waals surface area contributed by atoms with Crippen LogP contribution in [0.3, 0.4) is 0 Å². The summed E-state index contributed by atoms with van der Waals surface area (Å²) >= 11 is 0. The maximum atomic E-state index is 14.0. The van der Waals surface area contributed by atoms with Crippen molar-refractivity contribution in [3.05, 3.63) is 0 Å². The minimum atomic E-state index is -1.01. The van der Waals surface area contributed by atoms with Crippen molar-refractivity contribution >= 4 is 35.4 Å². The molecular formula is C35H63N7O6. The van der Waals surface area contributed by atoms with Crippen molar-refractivity contribution in [1.82, 2.24) is 25.8 Å². The van der Waals surface area contributed by atoms with Gasteiger partial charge in [0.05, 0.1) is 6.07 Å². The number of primary amides is 1. The van der Waals surface area contributed by atoms with E-state index in [4.69, 9.17) is 11.0 Å². The van der Waals surface area contributed by atoms with E-state index in [-0.39, 0.29) is 35.5 Å². The number of carbonyl (C=O) groups excluding carboxylic acids is 6. The Labute approximate surface area is 288 Å². The van der Waals surface area contributed by atoms with Crippen LogP contribution in [0.15, 0.2) is 0 Å². The molecule has 0 rings (SSSR count). The molecule has 0 radical (unpaired) electrons. The average molecular weight is 678 g/mol. The minimum absolute atomic E-state index is 0.193. The van der Waals surface area contributed by atoms with Gasteiger partial charge in [0.15, 0.2) is 0 Å². The molecule has 0 aliphatic rings. The highest BCUT2D eigenvalue weighted by Gasteiger charge is 2.40. The zero-order chi connectivity index (χ0) is 37.5. The number of nitriles is 1. The van der Waals surface area contributed by atoms with E-state index >= 15 is 0 Å². The van der Waals surface area contributed by atoms with Crippen molar-refractivity contribution < 1.29 is 28.8 Å². The summed E-state index contributed by atoms with van der Waals surface area (Å²) in [6, 6.07) is -2.63. The van der Waals surface area contributed by atoms with Gasteiger partial charge in [0, 0.05) is 26.4 Å². The highest BCUT2D eigenvalue weighted by molar-refractivity contribution is 5.96. The lowest BCUT2D eigenvalue weighted by Gasteiger charge is -2.37. The molecule has 6 amide bonds. The Morgan fingerprint density at radius 3 is 1.62 bits per heavy atom. The third kappa shape index (κ3) is 13.1. The number of carbonyl (C=O) groups is 6. The summed E-state index contributed by atoms with van der Waals surface area (Å²) in [7, 11) is 3.09. The van der Waals surface area contributed by atoms with Crippen LogP contribution in [0.1, 0.15) is 108 Å². The Bertz CT molecular complexity index is 1140. The minimum Gasteiger partial charge on any atom is -0.368 e. The third-order valence-electron chi connectivity index (χ3n) is 9.29. The van der Waals surface area contributed by atoms with Gasteiger partial charge in [-0.25, -0.2) is 0 Å². The lowest BCUT2D eigenvalue weighted by molar-refractivity contribution is -0.146. The molecule has 0 heterocycles. The summed E-state index contributed by atoms with van der Waals surface area (Å²) in [5.41, 5.74) is 5.34. The quantitative estimate of drug-likeness (QED) is 0.134. The number of hydrogen-bond donors (Lipinski definition) is 4. The van der Waals surface area contributed by atoms with Gasteiger partial charge in [0.25, 0.3) is 0 Å².